The number of halogens is 2. The van der Waals surface area contributed by atoms with Gasteiger partial charge in [-0.1, -0.05) is 6.42 Å². The van der Waals surface area contributed by atoms with Crippen LogP contribution < -0.4 is 15.5 Å². The number of benzene rings is 1. The van der Waals surface area contributed by atoms with Gasteiger partial charge in [0.15, 0.2) is 11.6 Å². The van der Waals surface area contributed by atoms with Crippen molar-refractivity contribution in [2.45, 2.75) is 38.6 Å². The fourth-order valence-corrected chi connectivity index (χ4v) is 3.94. The van der Waals surface area contributed by atoms with E-state index in [2.05, 4.69) is 22.5 Å². The van der Waals surface area contributed by atoms with Crippen molar-refractivity contribution in [3.8, 4) is 0 Å². The Labute approximate surface area is 160 Å². The number of rotatable bonds is 6. The first-order valence-electron chi connectivity index (χ1n) is 9.98. The number of anilines is 1. The molecule has 2 saturated heterocycles. The molecule has 3 rings (SSSR count). The molecule has 2 N–H and O–H groups in total. The van der Waals surface area contributed by atoms with Crippen LogP contribution in [0.2, 0.25) is 0 Å². The van der Waals surface area contributed by atoms with E-state index in [0.29, 0.717) is 30.7 Å². The van der Waals surface area contributed by atoms with Crippen molar-refractivity contribution in [1.29, 1.82) is 0 Å². The van der Waals surface area contributed by atoms with Crippen molar-refractivity contribution >= 4 is 11.7 Å². The van der Waals surface area contributed by atoms with Gasteiger partial charge < -0.3 is 15.5 Å². The smallest absolute Gasteiger partial charge is 0.314 e. The van der Waals surface area contributed by atoms with Crippen LogP contribution in [-0.4, -0.2) is 56.2 Å². The highest BCUT2D eigenvalue weighted by Gasteiger charge is 2.24. The number of amides is 2. The van der Waals surface area contributed by atoms with Crippen molar-refractivity contribution in [3.05, 3.63) is 29.8 Å². The lowest BCUT2D eigenvalue weighted by Gasteiger charge is -2.32. The molecule has 27 heavy (non-hydrogen) atoms. The van der Waals surface area contributed by atoms with E-state index in [1.807, 2.05) is 4.90 Å². The summed E-state index contributed by atoms with van der Waals surface area (Å²) in [6, 6.07) is 4.21. The molecule has 7 heteroatoms. The largest absolute Gasteiger partial charge is 0.371 e. The normalized spacial score (nSPS) is 21.9. The first kappa shape index (κ1) is 19.9. The number of piperidine rings is 1. The number of nitrogens with zero attached hydrogens (tertiary/aromatic N) is 2. The minimum absolute atomic E-state index is 0.134. The van der Waals surface area contributed by atoms with E-state index in [9.17, 15) is 13.6 Å². The SMILES string of the molecule is C[C@H](CNC(=O)NC[C@H]1CCN(c2ccc(F)c(F)c2)C1)N1CCCCC1. The summed E-state index contributed by atoms with van der Waals surface area (Å²) in [4.78, 5) is 16.5. The lowest BCUT2D eigenvalue weighted by molar-refractivity contribution is 0.170. The Morgan fingerprint density at radius 1 is 1.15 bits per heavy atom. The van der Waals surface area contributed by atoms with Crippen molar-refractivity contribution in [3.63, 3.8) is 0 Å². The van der Waals surface area contributed by atoms with Crippen LogP contribution in [-0.2, 0) is 0 Å². The van der Waals surface area contributed by atoms with Gasteiger partial charge in [-0.3, -0.25) is 4.90 Å². The molecular formula is C20H30F2N4O. The molecule has 2 fully saturated rings. The zero-order chi connectivity index (χ0) is 19.2. The predicted octanol–water partition coefficient (Wildman–Crippen LogP) is 2.96. The molecule has 0 radical (unpaired) electrons. The zero-order valence-corrected chi connectivity index (χ0v) is 16.0. The molecule has 2 aliphatic heterocycles. The van der Waals surface area contributed by atoms with E-state index in [4.69, 9.17) is 0 Å². The summed E-state index contributed by atoms with van der Waals surface area (Å²) in [5, 5.41) is 5.91. The molecule has 0 bridgehead atoms. The van der Waals surface area contributed by atoms with Gasteiger partial charge in [-0.05, 0) is 57.3 Å². The highest BCUT2D eigenvalue weighted by atomic mass is 19.2. The second-order valence-electron chi connectivity index (χ2n) is 7.74. The molecule has 2 heterocycles. The molecule has 0 unspecified atom stereocenters. The van der Waals surface area contributed by atoms with Crippen molar-refractivity contribution < 1.29 is 13.6 Å². The average Bonchev–Trinajstić information content (AvgIpc) is 3.16. The highest BCUT2D eigenvalue weighted by molar-refractivity contribution is 5.73. The third kappa shape index (κ3) is 5.54. The molecule has 2 atom stereocenters. The second kappa shape index (κ2) is 9.35. The second-order valence-corrected chi connectivity index (χ2v) is 7.74. The molecule has 0 spiro atoms. The molecule has 150 valence electrons. The minimum Gasteiger partial charge on any atom is -0.371 e. The molecule has 1 aromatic rings. The molecule has 5 nitrogen and oxygen atoms in total. The van der Waals surface area contributed by atoms with Crippen LogP contribution >= 0.6 is 0 Å². The van der Waals surface area contributed by atoms with Gasteiger partial charge in [0.2, 0.25) is 0 Å². The van der Waals surface area contributed by atoms with Crippen LogP contribution in [0.1, 0.15) is 32.6 Å². The summed E-state index contributed by atoms with van der Waals surface area (Å²) >= 11 is 0. The summed E-state index contributed by atoms with van der Waals surface area (Å²) in [5.41, 5.74) is 0.691. The molecule has 2 amide bonds. The number of hydrogen-bond acceptors (Lipinski definition) is 3. The summed E-state index contributed by atoms with van der Waals surface area (Å²) in [6.07, 6.45) is 4.71. The summed E-state index contributed by atoms with van der Waals surface area (Å²) in [5.74, 6) is -1.34. The Morgan fingerprint density at radius 3 is 2.67 bits per heavy atom. The van der Waals surface area contributed by atoms with Crippen molar-refractivity contribution in [2.24, 2.45) is 5.92 Å². The number of carbonyl (C=O) groups is 1. The summed E-state index contributed by atoms with van der Waals surface area (Å²) in [7, 11) is 0. The van der Waals surface area contributed by atoms with E-state index in [1.165, 1.54) is 25.3 Å². The number of nitrogens with one attached hydrogen (secondary N) is 2. The first-order valence-corrected chi connectivity index (χ1v) is 9.98. The van der Waals surface area contributed by atoms with E-state index in [-0.39, 0.29) is 6.03 Å². The molecule has 1 aromatic carbocycles. The van der Waals surface area contributed by atoms with Gasteiger partial charge in [-0.2, -0.15) is 0 Å². The summed E-state index contributed by atoms with van der Waals surface area (Å²) in [6.45, 7) is 7.14. The Balaban J connectivity index is 1.36. The van der Waals surface area contributed by atoms with Crippen LogP contribution in [0.25, 0.3) is 0 Å². The summed E-state index contributed by atoms with van der Waals surface area (Å²) < 4.78 is 26.5. The van der Waals surface area contributed by atoms with Gasteiger partial charge in [0.25, 0.3) is 0 Å². The van der Waals surface area contributed by atoms with Gasteiger partial charge >= 0.3 is 6.03 Å². The Bertz CT molecular complexity index is 636. The van der Waals surface area contributed by atoms with E-state index < -0.39 is 11.6 Å². The standard InChI is InChI=1S/C20H30F2N4O/c1-15(25-8-3-2-4-9-25)12-23-20(27)24-13-16-7-10-26(14-16)17-5-6-18(21)19(22)11-17/h5-6,11,15-16H,2-4,7-10,12-14H2,1H3,(H2,23,24,27)/t15-,16-/m1/s1. The fraction of sp³-hybridized carbons (Fsp3) is 0.650. The van der Waals surface area contributed by atoms with Crippen molar-refractivity contribution in [1.82, 2.24) is 15.5 Å². The van der Waals surface area contributed by atoms with Gasteiger partial charge in [0.1, 0.15) is 0 Å². The molecule has 0 aliphatic carbocycles. The maximum atomic E-state index is 13.4. The predicted molar refractivity (Wildman–Crippen MR) is 103 cm³/mol. The van der Waals surface area contributed by atoms with Crippen LogP contribution in [0.4, 0.5) is 19.3 Å². The van der Waals surface area contributed by atoms with Crippen LogP contribution in [0.5, 0.6) is 0 Å². The minimum atomic E-state index is -0.827. The maximum absolute atomic E-state index is 13.4. The van der Waals surface area contributed by atoms with E-state index >= 15 is 0 Å². The van der Waals surface area contributed by atoms with Gasteiger partial charge in [-0.25, -0.2) is 13.6 Å². The lowest BCUT2D eigenvalue weighted by Crippen LogP contribution is -2.47. The average molecular weight is 380 g/mol. The third-order valence-corrected chi connectivity index (χ3v) is 5.68. The topological polar surface area (TPSA) is 47.6 Å². The number of urea groups is 1. The molecule has 0 aromatic heterocycles. The number of hydrogen-bond donors (Lipinski definition) is 2. The molecular weight excluding hydrogens is 350 g/mol. The fourth-order valence-electron chi connectivity index (χ4n) is 3.94. The number of likely N-dealkylation sites (tertiary alicyclic amines) is 1. The quantitative estimate of drug-likeness (QED) is 0.798. The van der Waals surface area contributed by atoms with Gasteiger partial charge in [-0.15, -0.1) is 0 Å². The maximum Gasteiger partial charge on any atom is 0.314 e. The van der Waals surface area contributed by atoms with Crippen LogP contribution in [0, 0.1) is 17.6 Å². The monoisotopic (exact) mass is 380 g/mol. The van der Waals surface area contributed by atoms with Gasteiger partial charge in [0.05, 0.1) is 0 Å². The number of carbonyl (C=O) groups excluding carboxylic acids is 1. The third-order valence-electron chi connectivity index (χ3n) is 5.68. The van der Waals surface area contributed by atoms with Crippen LogP contribution in [0.3, 0.4) is 0 Å². The Hall–Kier alpha value is -1.89. The Kier molecular flexibility index (Phi) is 6.88. The lowest BCUT2D eigenvalue weighted by atomic mass is 10.1. The molecule has 2 aliphatic rings. The highest BCUT2D eigenvalue weighted by Crippen LogP contribution is 2.25. The Morgan fingerprint density at radius 2 is 1.93 bits per heavy atom. The van der Waals surface area contributed by atoms with Crippen LogP contribution in [0.15, 0.2) is 18.2 Å². The van der Waals surface area contributed by atoms with E-state index in [0.717, 1.165) is 38.7 Å². The first-order chi connectivity index (χ1) is 13.0. The molecule has 0 saturated carbocycles. The van der Waals surface area contributed by atoms with E-state index in [1.54, 1.807) is 6.07 Å². The van der Waals surface area contributed by atoms with Crippen molar-refractivity contribution in [2.75, 3.05) is 44.2 Å². The zero-order valence-electron chi connectivity index (χ0n) is 16.0. The van der Waals surface area contributed by atoms with Gasteiger partial charge in [0, 0.05) is 44.0 Å².